The summed E-state index contributed by atoms with van der Waals surface area (Å²) in [5.74, 6) is -0.350. The van der Waals surface area contributed by atoms with E-state index in [1.54, 1.807) is 12.1 Å². The van der Waals surface area contributed by atoms with Crippen LogP contribution in [0.2, 0.25) is 5.02 Å². The van der Waals surface area contributed by atoms with E-state index in [0.717, 1.165) is 24.9 Å². The Morgan fingerprint density at radius 1 is 1.40 bits per heavy atom. The molecule has 84 valence electrons. The van der Waals surface area contributed by atoms with Crippen molar-refractivity contribution >= 4 is 11.6 Å². The Bertz CT molecular complexity index is 314. The summed E-state index contributed by atoms with van der Waals surface area (Å²) in [5, 5.41) is 3.59. The molecule has 1 unspecified atom stereocenters. The molecule has 0 spiro atoms. The number of nitrogens with one attached hydrogen (secondary N) is 1. The summed E-state index contributed by atoms with van der Waals surface area (Å²) < 4.78 is 12.9. The molecule has 0 aliphatic rings. The molecular weight excluding hydrogens is 213 g/mol. The highest BCUT2D eigenvalue weighted by atomic mass is 35.5. The molecule has 0 saturated heterocycles. The van der Waals surface area contributed by atoms with Crippen LogP contribution in [0.5, 0.6) is 0 Å². The van der Waals surface area contributed by atoms with Crippen molar-refractivity contribution in [2.75, 3.05) is 6.54 Å². The van der Waals surface area contributed by atoms with Crippen LogP contribution in [0.1, 0.15) is 25.8 Å². The highest BCUT2D eigenvalue weighted by Crippen LogP contribution is 2.17. The lowest BCUT2D eigenvalue weighted by Gasteiger charge is -2.15. The lowest BCUT2D eigenvalue weighted by Crippen LogP contribution is -2.30. The van der Waals surface area contributed by atoms with Gasteiger partial charge in [-0.25, -0.2) is 4.39 Å². The molecule has 1 N–H and O–H groups in total. The van der Waals surface area contributed by atoms with Gasteiger partial charge in [0.25, 0.3) is 0 Å². The Balaban J connectivity index is 2.66. The second-order valence-electron chi connectivity index (χ2n) is 3.62. The average molecular weight is 230 g/mol. The Morgan fingerprint density at radius 2 is 2.13 bits per heavy atom. The molecule has 0 radical (unpaired) electrons. The Hall–Kier alpha value is -0.600. The summed E-state index contributed by atoms with van der Waals surface area (Å²) in [5.41, 5.74) is 1.08. The van der Waals surface area contributed by atoms with Gasteiger partial charge >= 0.3 is 0 Å². The number of hydrogen-bond acceptors (Lipinski definition) is 1. The predicted octanol–water partition coefficient (Wildman–Crippen LogP) is 3.41. The monoisotopic (exact) mass is 229 g/mol. The lowest BCUT2D eigenvalue weighted by atomic mass is 10.0. The van der Waals surface area contributed by atoms with Crippen LogP contribution in [-0.2, 0) is 6.42 Å². The maximum Gasteiger partial charge on any atom is 0.141 e. The van der Waals surface area contributed by atoms with Crippen molar-refractivity contribution in [2.45, 2.75) is 32.7 Å². The van der Waals surface area contributed by atoms with Crippen molar-refractivity contribution in [3.8, 4) is 0 Å². The third kappa shape index (κ3) is 3.80. The van der Waals surface area contributed by atoms with Gasteiger partial charge in [0.05, 0.1) is 5.02 Å². The summed E-state index contributed by atoms with van der Waals surface area (Å²) >= 11 is 5.72. The zero-order valence-electron chi connectivity index (χ0n) is 9.19. The predicted molar refractivity (Wildman–Crippen MR) is 62.9 cm³/mol. The van der Waals surface area contributed by atoms with E-state index in [1.807, 2.05) is 0 Å². The van der Waals surface area contributed by atoms with E-state index >= 15 is 0 Å². The third-order valence-corrected chi connectivity index (χ3v) is 2.74. The molecule has 1 atom stereocenters. The minimum atomic E-state index is -0.350. The van der Waals surface area contributed by atoms with E-state index in [-0.39, 0.29) is 10.8 Å². The first-order chi connectivity index (χ1) is 7.17. The number of hydrogen-bond donors (Lipinski definition) is 1. The molecule has 0 bridgehead atoms. The molecule has 0 amide bonds. The Morgan fingerprint density at radius 3 is 2.67 bits per heavy atom. The Kier molecular flexibility index (Phi) is 5.06. The van der Waals surface area contributed by atoms with Crippen LogP contribution >= 0.6 is 11.6 Å². The zero-order chi connectivity index (χ0) is 11.3. The van der Waals surface area contributed by atoms with Gasteiger partial charge < -0.3 is 5.32 Å². The van der Waals surface area contributed by atoms with Crippen LogP contribution in [0.25, 0.3) is 0 Å². The number of halogens is 2. The summed E-state index contributed by atoms with van der Waals surface area (Å²) in [6.07, 6.45) is 1.95. The van der Waals surface area contributed by atoms with Gasteiger partial charge in [0.1, 0.15) is 5.82 Å². The number of benzene rings is 1. The van der Waals surface area contributed by atoms with Crippen LogP contribution in [0.4, 0.5) is 4.39 Å². The van der Waals surface area contributed by atoms with Crippen molar-refractivity contribution in [1.82, 2.24) is 5.32 Å². The molecule has 0 aromatic heterocycles. The van der Waals surface area contributed by atoms with Crippen molar-refractivity contribution in [3.05, 3.63) is 34.6 Å². The highest BCUT2D eigenvalue weighted by Gasteiger charge is 2.07. The molecule has 3 heteroatoms. The molecule has 0 heterocycles. The minimum Gasteiger partial charge on any atom is -0.314 e. The molecule has 15 heavy (non-hydrogen) atoms. The van der Waals surface area contributed by atoms with Crippen LogP contribution in [0.15, 0.2) is 18.2 Å². The van der Waals surface area contributed by atoms with Crippen LogP contribution in [-0.4, -0.2) is 12.6 Å². The van der Waals surface area contributed by atoms with E-state index in [2.05, 4.69) is 19.2 Å². The molecule has 1 rings (SSSR count). The van der Waals surface area contributed by atoms with Gasteiger partial charge in [0, 0.05) is 6.04 Å². The normalized spacial score (nSPS) is 12.8. The summed E-state index contributed by atoms with van der Waals surface area (Å²) in [6.45, 7) is 5.17. The third-order valence-electron chi connectivity index (χ3n) is 2.45. The molecule has 1 aromatic carbocycles. The fraction of sp³-hybridized carbons (Fsp3) is 0.500. The van der Waals surface area contributed by atoms with E-state index in [4.69, 9.17) is 11.6 Å². The molecular formula is C12H17ClFN. The SMILES string of the molecule is CCNC(CC)Cc1ccc(F)c(Cl)c1. The van der Waals surface area contributed by atoms with Gasteiger partial charge in [-0.15, -0.1) is 0 Å². The van der Waals surface area contributed by atoms with Gasteiger partial charge in [0.15, 0.2) is 0 Å². The first-order valence-electron chi connectivity index (χ1n) is 5.34. The van der Waals surface area contributed by atoms with Crippen molar-refractivity contribution in [1.29, 1.82) is 0 Å². The van der Waals surface area contributed by atoms with Gasteiger partial charge in [-0.1, -0.05) is 31.5 Å². The first-order valence-corrected chi connectivity index (χ1v) is 5.72. The van der Waals surface area contributed by atoms with Crippen LogP contribution in [0, 0.1) is 5.82 Å². The average Bonchev–Trinajstić information content (AvgIpc) is 2.23. The summed E-state index contributed by atoms with van der Waals surface area (Å²) in [7, 11) is 0. The Labute approximate surface area is 95.6 Å². The fourth-order valence-electron chi connectivity index (χ4n) is 1.60. The van der Waals surface area contributed by atoms with E-state index in [9.17, 15) is 4.39 Å². The lowest BCUT2D eigenvalue weighted by molar-refractivity contribution is 0.510. The second kappa shape index (κ2) is 6.09. The standard InChI is InChI=1S/C12H17ClFN/c1-3-10(15-4-2)7-9-5-6-12(14)11(13)8-9/h5-6,8,10,15H,3-4,7H2,1-2H3. The molecule has 0 saturated carbocycles. The smallest absolute Gasteiger partial charge is 0.141 e. The molecule has 1 nitrogen and oxygen atoms in total. The van der Waals surface area contributed by atoms with Crippen molar-refractivity contribution in [2.24, 2.45) is 0 Å². The van der Waals surface area contributed by atoms with E-state index in [0.29, 0.717) is 6.04 Å². The summed E-state index contributed by atoms with van der Waals surface area (Å²) in [4.78, 5) is 0. The maximum absolute atomic E-state index is 12.9. The van der Waals surface area contributed by atoms with Crippen molar-refractivity contribution in [3.63, 3.8) is 0 Å². The molecule has 0 aliphatic heterocycles. The largest absolute Gasteiger partial charge is 0.314 e. The van der Waals surface area contributed by atoms with Gasteiger partial charge in [0.2, 0.25) is 0 Å². The fourth-order valence-corrected chi connectivity index (χ4v) is 1.80. The van der Waals surface area contributed by atoms with E-state index in [1.165, 1.54) is 6.07 Å². The quantitative estimate of drug-likeness (QED) is 0.816. The van der Waals surface area contributed by atoms with Crippen LogP contribution < -0.4 is 5.32 Å². The van der Waals surface area contributed by atoms with Gasteiger partial charge in [-0.05, 0) is 37.1 Å². The summed E-state index contributed by atoms with van der Waals surface area (Å²) in [6, 6.07) is 5.37. The minimum absolute atomic E-state index is 0.207. The van der Waals surface area contributed by atoms with Gasteiger partial charge in [-0.2, -0.15) is 0 Å². The first kappa shape index (κ1) is 12.5. The second-order valence-corrected chi connectivity index (χ2v) is 4.02. The molecule has 1 aromatic rings. The topological polar surface area (TPSA) is 12.0 Å². The van der Waals surface area contributed by atoms with Gasteiger partial charge in [-0.3, -0.25) is 0 Å². The zero-order valence-corrected chi connectivity index (χ0v) is 9.94. The molecule has 0 aliphatic carbocycles. The molecule has 0 fully saturated rings. The number of rotatable bonds is 5. The van der Waals surface area contributed by atoms with Crippen molar-refractivity contribution < 1.29 is 4.39 Å². The highest BCUT2D eigenvalue weighted by molar-refractivity contribution is 6.30. The number of likely N-dealkylation sites (N-methyl/N-ethyl adjacent to an activating group) is 1. The van der Waals surface area contributed by atoms with E-state index < -0.39 is 0 Å². The maximum atomic E-state index is 12.9. The van der Waals surface area contributed by atoms with Crippen LogP contribution in [0.3, 0.4) is 0 Å².